The molecule has 40 heavy (non-hydrogen) atoms. The Bertz CT molecular complexity index is 1600. The van der Waals surface area contributed by atoms with Gasteiger partial charge in [-0.2, -0.15) is 0 Å². The predicted molar refractivity (Wildman–Crippen MR) is 161 cm³/mol. The van der Waals surface area contributed by atoms with Gasteiger partial charge in [0, 0.05) is 39.9 Å². The zero-order valence-electron chi connectivity index (χ0n) is 21.5. The molecular formula is C30H26Cl2N4O3S. The third kappa shape index (κ3) is 5.20. The number of thiophene rings is 1. The minimum absolute atomic E-state index is 0.0201. The normalized spacial score (nSPS) is 17.6. The van der Waals surface area contributed by atoms with Gasteiger partial charge in [0.1, 0.15) is 0 Å². The van der Waals surface area contributed by atoms with E-state index in [0.29, 0.717) is 50.5 Å². The van der Waals surface area contributed by atoms with Crippen LogP contribution in [-0.2, 0) is 4.79 Å². The Labute approximate surface area is 245 Å². The molecule has 4 aromatic rings. The molecule has 10 heteroatoms. The van der Waals surface area contributed by atoms with Gasteiger partial charge in [-0.1, -0.05) is 47.5 Å². The van der Waals surface area contributed by atoms with Crippen LogP contribution in [-0.4, -0.2) is 48.8 Å². The molecule has 1 aromatic heterocycles. The Hall–Kier alpha value is -3.43. The molecular weight excluding hydrogens is 567 g/mol. The molecule has 3 heterocycles. The number of nitrogens with zero attached hydrogens (tertiary/aromatic N) is 2. The van der Waals surface area contributed by atoms with Gasteiger partial charge in [0.2, 0.25) is 5.91 Å². The third-order valence-electron chi connectivity index (χ3n) is 7.27. The number of carbonyl (C=O) groups is 3. The summed E-state index contributed by atoms with van der Waals surface area (Å²) in [6.07, 6.45) is 0.849. The SMILES string of the molecule is O=C1CC(c2ccc(Cl)cc2Cl)N(C(=O)c2cc3ccccc3s2)c2ccc(C(=O)N3CCCNCC3)cc2N1. The Balaban J connectivity index is 1.46. The van der Waals surface area contributed by atoms with E-state index in [4.69, 9.17) is 23.2 Å². The number of hydrogen-bond acceptors (Lipinski definition) is 5. The van der Waals surface area contributed by atoms with Crippen molar-refractivity contribution in [3.05, 3.63) is 92.8 Å². The van der Waals surface area contributed by atoms with Crippen LogP contribution in [0.5, 0.6) is 0 Å². The van der Waals surface area contributed by atoms with Crippen molar-refractivity contribution in [2.45, 2.75) is 18.9 Å². The fourth-order valence-corrected chi connectivity index (χ4v) is 6.86. The summed E-state index contributed by atoms with van der Waals surface area (Å²) in [7, 11) is 0. The Morgan fingerprint density at radius 3 is 2.60 bits per heavy atom. The average Bonchev–Trinajstić information content (AvgIpc) is 3.10. The maximum Gasteiger partial charge on any atom is 0.269 e. The topological polar surface area (TPSA) is 81.8 Å². The number of hydrogen-bond donors (Lipinski definition) is 2. The van der Waals surface area contributed by atoms with Crippen molar-refractivity contribution in [3.63, 3.8) is 0 Å². The summed E-state index contributed by atoms with van der Waals surface area (Å²) in [5.74, 6) is -0.648. The molecule has 1 saturated heterocycles. The summed E-state index contributed by atoms with van der Waals surface area (Å²) in [5.41, 5.74) is 1.98. The van der Waals surface area contributed by atoms with E-state index < -0.39 is 6.04 Å². The van der Waals surface area contributed by atoms with Crippen LogP contribution >= 0.6 is 34.5 Å². The molecule has 2 aliphatic heterocycles. The first-order valence-corrected chi connectivity index (χ1v) is 14.7. The molecule has 0 bridgehead atoms. The van der Waals surface area contributed by atoms with Crippen LogP contribution in [0.15, 0.2) is 66.7 Å². The van der Waals surface area contributed by atoms with E-state index in [1.54, 1.807) is 41.3 Å². The lowest BCUT2D eigenvalue weighted by molar-refractivity contribution is -0.116. The quantitative estimate of drug-likeness (QED) is 0.289. The number of fused-ring (bicyclic) bond motifs is 2. The highest BCUT2D eigenvalue weighted by Crippen LogP contribution is 2.43. The highest BCUT2D eigenvalue weighted by molar-refractivity contribution is 7.20. The number of nitrogens with one attached hydrogen (secondary N) is 2. The van der Waals surface area contributed by atoms with Gasteiger partial charge in [-0.05, 0) is 66.4 Å². The molecule has 0 aliphatic carbocycles. The summed E-state index contributed by atoms with van der Waals surface area (Å²) in [6.45, 7) is 2.86. The molecule has 2 aliphatic rings. The van der Waals surface area contributed by atoms with Crippen molar-refractivity contribution in [2.24, 2.45) is 0 Å². The lowest BCUT2D eigenvalue weighted by Crippen LogP contribution is -2.35. The fourth-order valence-electron chi connectivity index (χ4n) is 5.32. The van der Waals surface area contributed by atoms with E-state index >= 15 is 0 Å². The van der Waals surface area contributed by atoms with Crippen molar-refractivity contribution >= 4 is 73.7 Å². The van der Waals surface area contributed by atoms with Crippen LogP contribution in [0.4, 0.5) is 11.4 Å². The van der Waals surface area contributed by atoms with Crippen molar-refractivity contribution in [2.75, 3.05) is 36.4 Å². The molecule has 2 N–H and O–H groups in total. The molecule has 3 amide bonds. The summed E-state index contributed by atoms with van der Waals surface area (Å²) in [4.78, 5) is 44.9. The lowest BCUT2D eigenvalue weighted by Gasteiger charge is -2.31. The zero-order valence-corrected chi connectivity index (χ0v) is 23.8. The molecule has 1 fully saturated rings. The Kier molecular flexibility index (Phi) is 7.51. The maximum absolute atomic E-state index is 14.3. The second-order valence-corrected chi connectivity index (χ2v) is 11.8. The van der Waals surface area contributed by atoms with Crippen LogP contribution in [0.25, 0.3) is 10.1 Å². The monoisotopic (exact) mass is 592 g/mol. The van der Waals surface area contributed by atoms with E-state index in [1.165, 1.54) is 11.3 Å². The molecule has 1 unspecified atom stereocenters. The third-order valence-corrected chi connectivity index (χ3v) is 8.94. The Morgan fingerprint density at radius 2 is 1.77 bits per heavy atom. The maximum atomic E-state index is 14.3. The van der Waals surface area contributed by atoms with Gasteiger partial charge < -0.3 is 15.5 Å². The fraction of sp³-hybridized carbons (Fsp3) is 0.233. The lowest BCUT2D eigenvalue weighted by atomic mass is 10.0. The molecule has 0 saturated carbocycles. The summed E-state index contributed by atoms with van der Waals surface area (Å²) in [5, 5.41) is 8.04. The first-order chi connectivity index (χ1) is 19.4. The van der Waals surface area contributed by atoms with Gasteiger partial charge in [-0.15, -0.1) is 11.3 Å². The number of anilines is 2. The van der Waals surface area contributed by atoms with Crippen molar-refractivity contribution < 1.29 is 14.4 Å². The minimum Gasteiger partial charge on any atom is -0.337 e. The zero-order chi connectivity index (χ0) is 27.8. The van der Waals surface area contributed by atoms with E-state index in [-0.39, 0.29) is 24.1 Å². The highest BCUT2D eigenvalue weighted by atomic mass is 35.5. The van der Waals surface area contributed by atoms with Crippen molar-refractivity contribution in [1.82, 2.24) is 10.2 Å². The summed E-state index contributed by atoms with van der Waals surface area (Å²) in [6, 6.07) is 19.2. The summed E-state index contributed by atoms with van der Waals surface area (Å²) < 4.78 is 0.990. The van der Waals surface area contributed by atoms with Crippen LogP contribution < -0.4 is 15.5 Å². The molecule has 0 spiro atoms. The van der Waals surface area contributed by atoms with E-state index in [9.17, 15) is 14.4 Å². The van der Waals surface area contributed by atoms with Gasteiger partial charge in [-0.25, -0.2) is 0 Å². The molecule has 7 nitrogen and oxygen atoms in total. The molecule has 1 atom stereocenters. The largest absolute Gasteiger partial charge is 0.337 e. The minimum atomic E-state index is -0.693. The van der Waals surface area contributed by atoms with Gasteiger partial charge in [0.15, 0.2) is 0 Å². The van der Waals surface area contributed by atoms with E-state index in [2.05, 4.69) is 10.6 Å². The Morgan fingerprint density at radius 1 is 0.925 bits per heavy atom. The van der Waals surface area contributed by atoms with Crippen LogP contribution in [0, 0.1) is 0 Å². The van der Waals surface area contributed by atoms with Gasteiger partial charge in [0.05, 0.1) is 28.7 Å². The first-order valence-electron chi connectivity index (χ1n) is 13.1. The summed E-state index contributed by atoms with van der Waals surface area (Å²) >= 11 is 14.2. The first kappa shape index (κ1) is 26.8. The second-order valence-electron chi connectivity index (χ2n) is 9.89. The number of carbonyl (C=O) groups excluding carboxylic acids is 3. The number of amides is 3. The molecule has 0 radical (unpaired) electrons. The van der Waals surface area contributed by atoms with Crippen molar-refractivity contribution in [3.8, 4) is 0 Å². The van der Waals surface area contributed by atoms with Gasteiger partial charge >= 0.3 is 0 Å². The molecule has 6 rings (SSSR count). The van der Waals surface area contributed by atoms with Crippen molar-refractivity contribution in [1.29, 1.82) is 0 Å². The number of halogens is 2. The average molecular weight is 594 g/mol. The number of benzene rings is 3. The van der Waals surface area contributed by atoms with Gasteiger partial charge in [-0.3, -0.25) is 19.3 Å². The van der Waals surface area contributed by atoms with E-state index in [1.807, 2.05) is 35.2 Å². The molecule has 3 aromatic carbocycles. The van der Waals surface area contributed by atoms with Crippen LogP contribution in [0.2, 0.25) is 10.0 Å². The van der Waals surface area contributed by atoms with E-state index in [0.717, 1.165) is 29.6 Å². The predicted octanol–water partition coefficient (Wildman–Crippen LogP) is 6.37. The molecule has 204 valence electrons. The second kappa shape index (κ2) is 11.2. The number of rotatable bonds is 3. The van der Waals surface area contributed by atoms with Crippen LogP contribution in [0.3, 0.4) is 0 Å². The standard InChI is InChI=1S/C30H26Cl2N4O3S/c31-20-7-8-21(22(32)16-20)25-17-28(37)34-23-14-19(29(38)35-12-3-10-33-11-13-35)6-9-24(23)36(25)30(39)27-15-18-4-1-2-5-26(18)40-27/h1-2,4-9,14-16,25,33H,3,10-13,17H2,(H,34,37). The highest BCUT2D eigenvalue weighted by Gasteiger charge is 2.36. The van der Waals surface area contributed by atoms with Gasteiger partial charge in [0.25, 0.3) is 11.8 Å². The smallest absolute Gasteiger partial charge is 0.269 e. The van der Waals surface area contributed by atoms with Crippen LogP contribution in [0.1, 0.15) is 44.5 Å².